The number of hydrogen-bond donors (Lipinski definition) is 1. The van der Waals surface area contributed by atoms with Gasteiger partial charge >= 0.3 is 5.97 Å². The molecule has 6 nitrogen and oxygen atoms in total. The number of rotatable bonds is 6. The Balaban J connectivity index is 2.41. The van der Waals surface area contributed by atoms with E-state index >= 15 is 0 Å². The number of halogens is 1. The Morgan fingerprint density at radius 2 is 1.95 bits per heavy atom. The third-order valence-electron chi connectivity index (χ3n) is 2.97. The van der Waals surface area contributed by atoms with Gasteiger partial charge in [0, 0.05) is 10.6 Å². The molecule has 0 radical (unpaired) electrons. The van der Waals surface area contributed by atoms with Gasteiger partial charge in [0.15, 0.2) is 11.0 Å². The highest BCUT2D eigenvalue weighted by Gasteiger charge is 2.20. The van der Waals surface area contributed by atoms with Gasteiger partial charge in [-0.2, -0.15) is 0 Å². The minimum absolute atomic E-state index is 0.0112. The molecule has 0 fully saturated rings. The molecule has 1 heterocycles. The van der Waals surface area contributed by atoms with E-state index in [4.69, 9.17) is 16.7 Å². The van der Waals surface area contributed by atoms with Crippen molar-refractivity contribution in [2.45, 2.75) is 30.8 Å². The molecule has 116 valence electrons. The molecule has 0 unspecified atom stereocenters. The average Bonchev–Trinajstić information content (AvgIpc) is 2.82. The number of nitrogens with zero attached hydrogens (tertiary/aromatic N) is 3. The predicted molar refractivity (Wildman–Crippen MR) is 84.1 cm³/mol. The van der Waals surface area contributed by atoms with Gasteiger partial charge in [-0.15, -0.1) is 10.2 Å². The largest absolute Gasteiger partial charge is 0.480 e. The molecule has 22 heavy (non-hydrogen) atoms. The van der Waals surface area contributed by atoms with Crippen molar-refractivity contribution in [1.82, 2.24) is 14.8 Å². The van der Waals surface area contributed by atoms with E-state index in [1.165, 1.54) is 23.3 Å². The Labute approximate surface area is 136 Å². The van der Waals surface area contributed by atoms with Crippen molar-refractivity contribution in [2.75, 3.05) is 0 Å². The Morgan fingerprint density at radius 3 is 2.50 bits per heavy atom. The molecule has 0 saturated heterocycles. The molecule has 0 aliphatic rings. The highest BCUT2D eigenvalue weighted by molar-refractivity contribution is 8.00. The van der Waals surface area contributed by atoms with Crippen LogP contribution in [0.15, 0.2) is 29.4 Å². The summed E-state index contributed by atoms with van der Waals surface area (Å²) >= 11 is 7.04. The van der Waals surface area contributed by atoms with Crippen molar-refractivity contribution in [1.29, 1.82) is 0 Å². The predicted octanol–water partition coefficient (Wildman–Crippen LogP) is 2.75. The van der Waals surface area contributed by atoms with E-state index in [0.717, 1.165) is 0 Å². The maximum absolute atomic E-state index is 11.4. The standard InChI is InChI=1S/C14H14ClN3O3S/c1-8(19)9(2)22-14-17-16-13(18(14)7-12(20)21)10-3-5-11(15)6-4-10/h3-6,9H,7H2,1-2H3,(H,20,21)/t9-/m1/s1. The van der Waals surface area contributed by atoms with Crippen molar-refractivity contribution in [3.8, 4) is 11.4 Å². The van der Waals surface area contributed by atoms with Crippen LogP contribution >= 0.6 is 23.4 Å². The fraction of sp³-hybridized carbons (Fsp3) is 0.286. The zero-order valence-corrected chi connectivity index (χ0v) is 13.6. The van der Waals surface area contributed by atoms with Gasteiger partial charge in [0.05, 0.1) is 5.25 Å². The van der Waals surface area contributed by atoms with Crippen LogP contribution in [0.25, 0.3) is 11.4 Å². The molecule has 1 aromatic carbocycles. The first-order valence-corrected chi connectivity index (χ1v) is 7.72. The lowest BCUT2D eigenvalue weighted by Gasteiger charge is -2.10. The highest BCUT2D eigenvalue weighted by atomic mass is 35.5. The zero-order valence-electron chi connectivity index (χ0n) is 12.0. The van der Waals surface area contributed by atoms with Gasteiger partial charge < -0.3 is 5.11 Å². The quantitative estimate of drug-likeness (QED) is 0.814. The molecule has 0 aliphatic carbocycles. The van der Waals surface area contributed by atoms with E-state index in [1.54, 1.807) is 31.2 Å². The third kappa shape index (κ3) is 3.86. The lowest BCUT2D eigenvalue weighted by molar-refractivity contribution is -0.137. The number of carboxylic acid groups (broad SMARTS) is 1. The molecule has 0 aliphatic heterocycles. The Morgan fingerprint density at radius 1 is 1.32 bits per heavy atom. The second-order valence-electron chi connectivity index (χ2n) is 4.66. The average molecular weight is 340 g/mol. The molecule has 0 amide bonds. The molecule has 1 aromatic heterocycles. The van der Waals surface area contributed by atoms with E-state index in [1.807, 2.05) is 0 Å². The van der Waals surface area contributed by atoms with Gasteiger partial charge in [0.25, 0.3) is 0 Å². The number of carbonyl (C=O) groups is 2. The van der Waals surface area contributed by atoms with Crippen LogP contribution in [0.3, 0.4) is 0 Å². The first-order valence-electron chi connectivity index (χ1n) is 6.46. The lowest BCUT2D eigenvalue weighted by atomic mass is 10.2. The maximum atomic E-state index is 11.4. The van der Waals surface area contributed by atoms with E-state index in [-0.39, 0.29) is 17.6 Å². The lowest BCUT2D eigenvalue weighted by Crippen LogP contribution is -2.14. The van der Waals surface area contributed by atoms with Crippen LogP contribution in [0.1, 0.15) is 13.8 Å². The molecule has 1 N–H and O–H groups in total. The van der Waals surface area contributed by atoms with Crippen molar-refractivity contribution in [3.05, 3.63) is 29.3 Å². The molecule has 2 rings (SSSR count). The summed E-state index contributed by atoms with van der Waals surface area (Å²) < 4.78 is 1.48. The fourth-order valence-electron chi connectivity index (χ4n) is 1.71. The molecule has 0 spiro atoms. The van der Waals surface area contributed by atoms with Crippen LogP contribution in [0.4, 0.5) is 0 Å². The Kier molecular flexibility index (Phi) is 5.20. The maximum Gasteiger partial charge on any atom is 0.323 e. The molecule has 0 saturated carbocycles. The summed E-state index contributed by atoms with van der Waals surface area (Å²) in [5, 5.41) is 17.8. The monoisotopic (exact) mass is 339 g/mol. The summed E-state index contributed by atoms with van der Waals surface area (Å²) in [6, 6.07) is 6.88. The van der Waals surface area contributed by atoms with Crippen LogP contribution < -0.4 is 0 Å². The van der Waals surface area contributed by atoms with E-state index in [2.05, 4.69) is 10.2 Å². The minimum atomic E-state index is -1.01. The number of aliphatic carboxylic acids is 1. The summed E-state index contributed by atoms with van der Waals surface area (Å²) in [6.07, 6.45) is 0. The summed E-state index contributed by atoms with van der Waals surface area (Å²) in [4.78, 5) is 22.5. The molecule has 1 atom stereocenters. The normalized spacial score (nSPS) is 12.1. The SMILES string of the molecule is CC(=O)[C@@H](C)Sc1nnc(-c2ccc(Cl)cc2)n1CC(=O)O. The Bertz CT molecular complexity index is 700. The first kappa shape index (κ1) is 16.5. The number of benzene rings is 1. The molecular formula is C14H14ClN3O3S. The number of carboxylic acids is 1. The smallest absolute Gasteiger partial charge is 0.323 e. The number of ketones is 1. The summed E-state index contributed by atoms with van der Waals surface area (Å²) in [5.74, 6) is -0.590. The van der Waals surface area contributed by atoms with Crippen LogP contribution in [-0.4, -0.2) is 36.9 Å². The molecule has 0 bridgehead atoms. The number of carbonyl (C=O) groups excluding carboxylic acids is 1. The number of thioether (sulfide) groups is 1. The summed E-state index contributed by atoms with van der Waals surface area (Å²) in [5.41, 5.74) is 0.709. The van der Waals surface area contributed by atoms with Crippen molar-refractivity contribution in [2.24, 2.45) is 0 Å². The fourth-order valence-corrected chi connectivity index (χ4v) is 2.68. The van der Waals surface area contributed by atoms with E-state index in [0.29, 0.717) is 21.6 Å². The second-order valence-corrected chi connectivity index (χ2v) is 6.41. The van der Waals surface area contributed by atoms with E-state index in [9.17, 15) is 9.59 Å². The van der Waals surface area contributed by atoms with Crippen LogP contribution in [0.5, 0.6) is 0 Å². The summed E-state index contributed by atoms with van der Waals surface area (Å²) in [6.45, 7) is 2.95. The number of hydrogen-bond acceptors (Lipinski definition) is 5. The van der Waals surface area contributed by atoms with Gasteiger partial charge in [0.1, 0.15) is 12.3 Å². The van der Waals surface area contributed by atoms with Crippen LogP contribution in [0.2, 0.25) is 5.02 Å². The second kappa shape index (κ2) is 6.93. The Hall–Kier alpha value is -1.86. The summed E-state index contributed by atoms with van der Waals surface area (Å²) in [7, 11) is 0. The van der Waals surface area contributed by atoms with Crippen molar-refractivity contribution in [3.63, 3.8) is 0 Å². The van der Waals surface area contributed by atoms with Gasteiger partial charge in [-0.1, -0.05) is 23.4 Å². The third-order valence-corrected chi connectivity index (χ3v) is 4.42. The number of aromatic nitrogens is 3. The van der Waals surface area contributed by atoms with Crippen molar-refractivity contribution < 1.29 is 14.7 Å². The van der Waals surface area contributed by atoms with Crippen LogP contribution in [-0.2, 0) is 16.1 Å². The minimum Gasteiger partial charge on any atom is -0.480 e. The molecule has 2 aromatic rings. The van der Waals surface area contributed by atoms with Gasteiger partial charge in [0.2, 0.25) is 0 Å². The van der Waals surface area contributed by atoms with Gasteiger partial charge in [-0.05, 0) is 38.1 Å². The zero-order chi connectivity index (χ0) is 16.3. The van der Waals surface area contributed by atoms with Crippen molar-refractivity contribution >= 4 is 35.1 Å². The molecular weight excluding hydrogens is 326 g/mol. The molecule has 8 heteroatoms. The van der Waals surface area contributed by atoms with Crippen LogP contribution in [0, 0.1) is 0 Å². The highest BCUT2D eigenvalue weighted by Crippen LogP contribution is 2.27. The topological polar surface area (TPSA) is 85.1 Å². The first-order chi connectivity index (χ1) is 10.4. The van der Waals surface area contributed by atoms with E-state index < -0.39 is 5.97 Å². The van der Waals surface area contributed by atoms with Gasteiger partial charge in [-0.25, -0.2) is 0 Å². The number of Topliss-reactive ketones (excluding diaryl/α,β-unsaturated/α-hetero) is 1. The van der Waals surface area contributed by atoms with Gasteiger partial charge in [-0.3, -0.25) is 14.2 Å².